The molecule has 2 aromatic carbocycles. The lowest BCUT2D eigenvalue weighted by Crippen LogP contribution is -2.47. The molecule has 1 aromatic heterocycles. The maximum atomic E-state index is 13.0. The predicted octanol–water partition coefficient (Wildman–Crippen LogP) is 4.13. The van der Waals surface area contributed by atoms with Gasteiger partial charge in [-0.15, -0.1) is 0 Å². The largest absolute Gasteiger partial charge is 0.372 e. The number of hydrogen-bond acceptors (Lipinski definition) is 4. The molecule has 1 N–H and O–H groups in total. The van der Waals surface area contributed by atoms with Crippen LogP contribution in [0.15, 0.2) is 71.5 Å². The second-order valence-corrected chi connectivity index (χ2v) is 7.57. The molecule has 6 heteroatoms. The number of hydrogen-bond donors (Lipinski definition) is 1. The van der Waals surface area contributed by atoms with E-state index in [0.717, 1.165) is 24.3 Å². The van der Waals surface area contributed by atoms with Gasteiger partial charge in [0.2, 0.25) is 0 Å². The van der Waals surface area contributed by atoms with Gasteiger partial charge in [-0.05, 0) is 58.0 Å². The van der Waals surface area contributed by atoms with Gasteiger partial charge in [0, 0.05) is 36.1 Å². The van der Waals surface area contributed by atoms with Crippen molar-refractivity contribution in [2.45, 2.75) is 33.2 Å². The third-order valence-corrected chi connectivity index (χ3v) is 5.21. The van der Waals surface area contributed by atoms with E-state index in [1.165, 1.54) is 10.7 Å². The van der Waals surface area contributed by atoms with Crippen LogP contribution in [0.1, 0.15) is 27.7 Å². The first-order valence-corrected chi connectivity index (χ1v) is 10.2. The van der Waals surface area contributed by atoms with Gasteiger partial charge in [0.05, 0.1) is 5.69 Å². The van der Waals surface area contributed by atoms with Crippen LogP contribution in [0.3, 0.4) is 0 Å². The van der Waals surface area contributed by atoms with E-state index in [0.29, 0.717) is 11.4 Å². The van der Waals surface area contributed by atoms with Gasteiger partial charge < -0.3 is 10.2 Å². The van der Waals surface area contributed by atoms with Crippen molar-refractivity contribution in [2.24, 2.45) is 0 Å². The van der Waals surface area contributed by atoms with Gasteiger partial charge in [0.15, 0.2) is 0 Å². The fraction of sp³-hybridized carbons (Fsp3) is 0.292. The molecule has 0 atom stereocenters. The number of amides is 1. The standard InChI is InChI=1S/C24H28N4O2/c1-5-27(6-2)20-14-12-19(13-15-20)25-23(30)24(3,4)28-22(29)17-16-21(26-28)18-10-8-7-9-11-18/h7-17H,5-6H2,1-4H3,(H,25,30). The van der Waals surface area contributed by atoms with E-state index < -0.39 is 5.54 Å². The Morgan fingerprint density at radius 1 is 0.967 bits per heavy atom. The number of anilines is 2. The van der Waals surface area contributed by atoms with E-state index in [-0.39, 0.29) is 11.5 Å². The van der Waals surface area contributed by atoms with Crippen molar-refractivity contribution in [3.63, 3.8) is 0 Å². The van der Waals surface area contributed by atoms with Gasteiger partial charge in [-0.3, -0.25) is 9.59 Å². The molecular formula is C24H28N4O2. The summed E-state index contributed by atoms with van der Waals surface area (Å²) in [6.07, 6.45) is 0. The van der Waals surface area contributed by atoms with Gasteiger partial charge >= 0.3 is 0 Å². The van der Waals surface area contributed by atoms with Gasteiger partial charge in [-0.1, -0.05) is 30.3 Å². The minimum Gasteiger partial charge on any atom is -0.372 e. The molecular weight excluding hydrogens is 376 g/mol. The molecule has 3 rings (SSSR count). The molecule has 0 aliphatic heterocycles. The average Bonchev–Trinajstić information content (AvgIpc) is 2.76. The zero-order valence-electron chi connectivity index (χ0n) is 17.9. The first-order valence-electron chi connectivity index (χ1n) is 10.2. The van der Waals surface area contributed by atoms with Crippen LogP contribution < -0.4 is 15.8 Å². The maximum absolute atomic E-state index is 13.0. The average molecular weight is 405 g/mol. The fourth-order valence-corrected chi connectivity index (χ4v) is 3.30. The molecule has 0 radical (unpaired) electrons. The Labute approximate surface area is 177 Å². The summed E-state index contributed by atoms with van der Waals surface area (Å²) in [5, 5.41) is 7.39. The third-order valence-electron chi connectivity index (χ3n) is 5.21. The Morgan fingerprint density at radius 3 is 2.20 bits per heavy atom. The maximum Gasteiger partial charge on any atom is 0.267 e. The van der Waals surface area contributed by atoms with Gasteiger partial charge in [-0.2, -0.15) is 5.10 Å². The summed E-state index contributed by atoms with van der Waals surface area (Å²) in [5.74, 6) is -0.307. The highest BCUT2D eigenvalue weighted by Crippen LogP contribution is 2.21. The molecule has 3 aromatic rings. The van der Waals surface area contributed by atoms with E-state index in [9.17, 15) is 9.59 Å². The highest BCUT2D eigenvalue weighted by molar-refractivity contribution is 5.96. The lowest BCUT2D eigenvalue weighted by Gasteiger charge is -2.26. The second-order valence-electron chi connectivity index (χ2n) is 7.57. The smallest absolute Gasteiger partial charge is 0.267 e. The monoisotopic (exact) mass is 404 g/mol. The number of benzene rings is 2. The van der Waals surface area contributed by atoms with Crippen LogP contribution in [0, 0.1) is 0 Å². The minimum atomic E-state index is -1.17. The molecule has 0 saturated heterocycles. The van der Waals surface area contributed by atoms with Crippen LogP contribution in [0.5, 0.6) is 0 Å². The van der Waals surface area contributed by atoms with Crippen LogP contribution >= 0.6 is 0 Å². The molecule has 0 unspecified atom stereocenters. The molecule has 0 saturated carbocycles. The van der Waals surface area contributed by atoms with Gasteiger partial charge in [0.25, 0.3) is 11.5 Å². The Hall–Kier alpha value is -3.41. The third kappa shape index (κ3) is 4.43. The first-order chi connectivity index (χ1) is 14.4. The van der Waals surface area contributed by atoms with Crippen molar-refractivity contribution >= 4 is 17.3 Å². The van der Waals surface area contributed by atoms with Crippen molar-refractivity contribution in [3.8, 4) is 11.3 Å². The number of carbonyl (C=O) groups excluding carboxylic acids is 1. The zero-order chi connectivity index (χ0) is 21.7. The fourth-order valence-electron chi connectivity index (χ4n) is 3.30. The summed E-state index contributed by atoms with van der Waals surface area (Å²) in [4.78, 5) is 27.8. The van der Waals surface area contributed by atoms with Crippen LogP contribution in [0.2, 0.25) is 0 Å². The molecule has 0 fully saturated rings. The Morgan fingerprint density at radius 2 is 1.60 bits per heavy atom. The molecule has 0 aliphatic rings. The number of carbonyl (C=O) groups is 1. The number of nitrogens with one attached hydrogen (secondary N) is 1. The van der Waals surface area contributed by atoms with E-state index in [4.69, 9.17) is 0 Å². The summed E-state index contributed by atoms with van der Waals surface area (Å²) in [7, 11) is 0. The minimum absolute atomic E-state index is 0.307. The number of rotatable bonds is 7. The quantitative estimate of drug-likeness (QED) is 0.643. The van der Waals surface area contributed by atoms with Crippen LogP contribution in [-0.2, 0) is 10.3 Å². The summed E-state index contributed by atoms with van der Waals surface area (Å²) < 4.78 is 1.24. The van der Waals surface area contributed by atoms with Crippen LogP contribution in [0.4, 0.5) is 11.4 Å². The summed E-state index contributed by atoms with van der Waals surface area (Å²) in [6.45, 7) is 9.43. The van der Waals surface area contributed by atoms with E-state index in [1.807, 2.05) is 54.6 Å². The molecule has 0 aliphatic carbocycles. The number of nitrogens with zero attached hydrogens (tertiary/aromatic N) is 3. The molecule has 156 valence electrons. The van der Waals surface area contributed by atoms with Crippen molar-refractivity contribution in [1.29, 1.82) is 0 Å². The Kier molecular flexibility index (Phi) is 6.35. The van der Waals surface area contributed by atoms with Gasteiger partial charge in [-0.25, -0.2) is 4.68 Å². The van der Waals surface area contributed by atoms with Crippen LogP contribution in [0.25, 0.3) is 11.3 Å². The van der Waals surface area contributed by atoms with E-state index in [2.05, 4.69) is 29.2 Å². The molecule has 1 amide bonds. The summed E-state index contributed by atoms with van der Waals surface area (Å²) >= 11 is 0. The number of aromatic nitrogens is 2. The molecule has 6 nitrogen and oxygen atoms in total. The second kappa shape index (κ2) is 8.95. The van der Waals surface area contributed by atoms with Crippen molar-refractivity contribution < 1.29 is 4.79 Å². The molecule has 30 heavy (non-hydrogen) atoms. The molecule has 0 bridgehead atoms. The van der Waals surface area contributed by atoms with Crippen molar-refractivity contribution in [3.05, 3.63) is 77.1 Å². The topological polar surface area (TPSA) is 67.2 Å². The normalized spacial score (nSPS) is 11.2. The molecule has 1 heterocycles. The lowest BCUT2D eigenvalue weighted by molar-refractivity contribution is -0.123. The lowest BCUT2D eigenvalue weighted by atomic mass is 10.0. The predicted molar refractivity (Wildman–Crippen MR) is 122 cm³/mol. The Balaban J connectivity index is 1.84. The van der Waals surface area contributed by atoms with Gasteiger partial charge in [0.1, 0.15) is 5.54 Å². The van der Waals surface area contributed by atoms with Crippen molar-refractivity contribution in [1.82, 2.24) is 9.78 Å². The zero-order valence-corrected chi connectivity index (χ0v) is 17.9. The van der Waals surface area contributed by atoms with Crippen molar-refractivity contribution in [2.75, 3.05) is 23.3 Å². The summed E-state index contributed by atoms with van der Waals surface area (Å²) in [5.41, 5.74) is 1.81. The highest BCUT2D eigenvalue weighted by Gasteiger charge is 2.32. The highest BCUT2D eigenvalue weighted by atomic mass is 16.2. The van der Waals surface area contributed by atoms with Crippen LogP contribution in [-0.4, -0.2) is 28.8 Å². The Bertz CT molecular complexity index is 1050. The van der Waals surface area contributed by atoms with E-state index in [1.54, 1.807) is 19.9 Å². The first kappa shape index (κ1) is 21.3. The van der Waals surface area contributed by atoms with E-state index >= 15 is 0 Å². The summed E-state index contributed by atoms with van der Waals surface area (Å²) in [6, 6.07) is 20.4. The molecule has 0 spiro atoms. The SMILES string of the molecule is CCN(CC)c1ccc(NC(=O)C(C)(C)n2nc(-c3ccccc3)ccc2=O)cc1.